The first kappa shape index (κ1) is 19.3. The predicted molar refractivity (Wildman–Crippen MR) is 22.8 cm³/mol. The summed E-state index contributed by atoms with van der Waals surface area (Å²) in [6, 6.07) is 0. The monoisotopic (exact) mass is 206 g/mol. The van der Waals surface area contributed by atoms with E-state index in [1.165, 1.54) is 14.2 Å². The van der Waals surface area contributed by atoms with Crippen molar-refractivity contribution < 1.29 is 102 Å². The molecule has 0 aromatic rings. The summed E-state index contributed by atoms with van der Waals surface area (Å²) in [6.45, 7) is 0. The summed E-state index contributed by atoms with van der Waals surface area (Å²) < 4.78 is 0. The van der Waals surface area contributed by atoms with Crippen LogP contribution >= 0.6 is 0 Å². The molecule has 0 bridgehead atoms. The molecule has 0 aromatic carbocycles. The van der Waals surface area contributed by atoms with Crippen LogP contribution in [0.2, 0.25) is 0 Å². The van der Waals surface area contributed by atoms with Gasteiger partial charge in [0, 0.05) is 0 Å². The zero-order chi connectivity index (χ0) is 7.66. The second-order valence-corrected chi connectivity index (χ2v) is 0.742. The van der Waals surface area contributed by atoms with Gasteiger partial charge in [0.15, 0.2) is 0 Å². The average molecular weight is 206 g/mol. The Hall–Kier alpha value is 1.68. The van der Waals surface area contributed by atoms with Crippen LogP contribution in [-0.2, 0) is 40.0 Å². The molecule has 0 saturated heterocycles. The van der Waals surface area contributed by atoms with Crippen LogP contribution < -0.4 is 59.1 Å². The molecule has 10 heteroatoms. The normalized spacial score (nSPS) is 8.50. The van der Waals surface area contributed by atoms with Crippen LogP contribution in [0.3, 0.4) is 0 Å². The topological polar surface area (TPSA) is 73.8 Å². The fraction of sp³-hybridized carbons (Fsp3) is 1.00. The standard InChI is InChI=1S/C2H6O8.2Na.2H/c1-3-5-7-9-10-8-6-4-2;;;;/h1-2H3;;;;/q;2*+1;2*-1. The van der Waals surface area contributed by atoms with E-state index in [0.29, 0.717) is 0 Å². The van der Waals surface area contributed by atoms with Crippen LogP contribution in [0.25, 0.3) is 0 Å². The Morgan fingerprint density at radius 1 is 0.583 bits per heavy atom. The summed E-state index contributed by atoms with van der Waals surface area (Å²) >= 11 is 0. The molecular weight excluding hydrogens is 198 g/mol. The van der Waals surface area contributed by atoms with Gasteiger partial charge in [0.25, 0.3) is 0 Å². The predicted octanol–water partition coefficient (Wildman–Crippen LogP) is -5.98. The molecule has 0 aliphatic carbocycles. The molecule has 0 N–H and O–H groups in total. The van der Waals surface area contributed by atoms with Gasteiger partial charge in [0.05, 0.1) is 14.2 Å². The van der Waals surface area contributed by atoms with Crippen LogP contribution in [0.1, 0.15) is 2.85 Å². The van der Waals surface area contributed by atoms with Crippen molar-refractivity contribution in [1.29, 1.82) is 0 Å². The smallest absolute Gasteiger partial charge is 1.00 e. The summed E-state index contributed by atoms with van der Waals surface area (Å²) in [5, 5.41) is 21.8. The van der Waals surface area contributed by atoms with Crippen LogP contribution in [0, 0.1) is 0 Å². The van der Waals surface area contributed by atoms with Crippen molar-refractivity contribution in [2.24, 2.45) is 0 Å². The third-order valence-corrected chi connectivity index (χ3v) is 0.275. The van der Waals surface area contributed by atoms with Gasteiger partial charge < -0.3 is 2.85 Å². The minimum atomic E-state index is 0. The fourth-order valence-electron chi connectivity index (χ4n) is 0.101. The van der Waals surface area contributed by atoms with Crippen molar-refractivity contribution in [2.75, 3.05) is 14.2 Å². The fourth-order valence-corrected chi connectivity index (χ4v) is 0.101. The first-order valence-electron chi connectivity index (χ1n) is 1.98. The second-order valence-electron chi connectivity index (χ2n) is 0.742. The van der Waals surface area contributed by atoms with E-state index in [-0.39, 0.29) is 62.0 Å². The molecule has 12 heavy (non-hydrogen) atoms. The zero-order valence-corrected chi connectivity index (χ0v) is 11.3. The molecule has 0 radical (unpaired) electrons. The molecule has 0 unspecified atom stereocenters. The number of hydrogen-bond acceptors (Lipinski definition) is 8. The molecule has 8 nitrogen and oxygen atoms in total. The van der Waals surface area contributed by atoms with Gasteiger partial charge in [-0.3, -0.25) is 0 Å². The van der Waals surface area contributed by atoms with Crippen LogP contribution in [-0.4, -0.2) is 14.2 Å². The maximum Gasteiger partial charge on any atom is 1.00 e. The van der Waals surface area contributed by atoms with Gasteiger partial charge in [-0.05, 0) is 30.2 Å². The van der Waals surface area contributed by atoms with Crippen molar-refractivity contribution >= 4 is 0 Å². The Labute approximate surface area is 115 Å². The van der Waals surface area contributed by atoms with Crippen molar-refractivity contribution in [2.45, 2.75) is 0 Å². The molecule has 0 aliphatic rings. The van der Waals surface area contributed by atoms with E-state index in [4.69, 9.17) is 0 Å². The molecule has 66 valence electrons. The van der Waals surface area contributed by atoms with E-state index >= 15 is 0 Å². The summed E-state index contributed by atoms with van der Waals surface area (Å²) in [7, 11) is 2.38. The van der Waals surface area contributed by atoms with E-state index in [2.05, 4.69) is 40.0 Å². The molecule has 0 aliphatic heterocycles. The molecule has 0 fully saturated rings. The SMILES string of the molecule is COOOOOOOOC.[H-].[H-].[Na+].[Na+]. The first-order chi connectivity index (χ1) is 4.91. The zero-order valence-electron chi connectivity index (χ0n) is 9.27. The Balaban J connectivity index is -0.0000000675. The summed E-state index contributed by atoms with van der Waals surface area (Å²) in [5.74, 6) is 0. The average Bonchev–Trinajstić information content (AvgIpc) is 1.97. The molecule has 0 spiro atoms. The van der Waals surface area contributed by atoms with Gasteiger partial charge in [-0.1, -0.05) is 0 Å². The van der Waals surface area contributed by atoms with E-state index in [9.17, 15) is 0 Å². The largest absolute Gasteiger partial charge is 1.00 e. The summed E-state index contributed by atoms with van der Waals surface area (Å²) in [5.41, 5.74) is 0. The Bertz CT molecular complexity index is 63.3. The van der Waals surface area contributed by atoms with E-state index < -0.39 is 0 Å². The van der Waals surface area contributed by atoms with Crippen LogP contribution in [0.5, 0.6) is 0 Å². The molecule has 0 saturated carbocycles. The Morgan fingerprint density at radius 2 is 0.833 bits per heavy atom. The van der Waals surface area contributed by atoms with E-state index in [0.717, 1.165) is 0 Å². The number of rotatable bonds is 7. The Kier molecular flexibility index (Phi) is 29.7. The molecule has 0 amide bonds. The van der Waals surface area contributed by atoms with Gasteiger partial charge in [-0.25, -0.2) is 9.78 Å². The van der Waals surface area contributed by atoms with Crippen LogP contribution in [0.4, 0.5) is 0 Å². The third-order valence-electron chi connectivity index (χ3n) is 0.275. The molecular formula is C2H8Na2O8. The maximum absolute atomic E-state index is 3.89. The molecule has 0 atom stereocenters. The van der Waals surface area contributed by atoms with Crippen molar-refractivity contribution in [3.05, 3.63) is 0 Å². The van der Waals surface area contributed by atoms with Crippen molar-refractivity contribution in [3.63, 3.8) is 0 Å². The number of hydrogen-bond donors (Lipinski definition) is 0. The minimum Gasteiger partial charge on any atom is -1.00 e. The van der Waals surface area contributed by atoms with E-state index in [1.54, 1.807) is 0 Å². The summed E-state index contributed by atoms with van der Waals surface area (Å²) in [6.07, 6.45) is 0. The molecule has 0 aromatic heterocycles. The van der Waals surface area contributed by atoms with Gasteiger partial charge in [0.2, 0.25) is 0 Å². The van der Waals surface area contributed by atoms with Gasteiger partial charge >= 0.3 is 59.1 Å². The quantitative estimate of drug-likeness (QED) is 0.176. The third kappa shape index (κ3) is 17.7. The van der Waals surface area contributed by atoms with Gasteiger partial charge in [0.1, 0.15) is 0 Å². The summed E-state index contributed by atoms with van der Waals surface area (Å²) in [4.78, 5) is 7.79. The molecule has 0 rings (SSSR count). The van der Waals surface area contributed by atoms with Gasteiger partial charge in [-0.2, -0.15) is 0 Å². The first-order valence-corrected chi connectivity index (χ1v) is 1.98. The minimum absolute atomic E-state index is 0. The molecule has 0 heterocycles. The second kappa shape index (κ2) is 18.5. The van der Waals surface area contributed by atoms with Gasteiger partial charge in [-0.15, -0.1) is 0 Å². The maximum atomic E-state index is 3.89. The Morgan fingerprint density at radius 3 is 1.08 bits per heavy atom. The van der Waals surface area contributed by atoms with Crippen LogP contribution in [0.15, 0.2) is 0 Å². The van der Waals surface area contributed by atoms with Crippen molar-refractivity contribution in [1.82, 2.24) is 0 Å². The van der Waals surface area contributed by atoms with Crippen molar-refractivity contribution in [3.8, 4) is 0 Å². The van der Waals surface area contributed by atoms with E-state index in [1.807, 2.05) is 0 Å².